The number of nitrogens with zero attached hydrogens (tertiary/aromatic N) is 3. The molecule has 0 spiro atoms. The van der Waals surface area contributed by atoms with Gasteiger partial charge in [-0.2, -0.15) is 0 Å². The van der Waals surface area contributed by atoms with Crippen molar-refractivity contribution in [1.29, 1.82) is 0 Å². The fraction of sp³-hybridized carbons (Fsp3) is 0.125. The van der Waals surface area contributed by atoms with E-state index in [0.717, 1.165) is 12.1 Å². The molecule has 14 heavy (non-hydrogen) atoms. The maximum absolute atomic E-state index is 13.0. The largest absolute Gasteiger partial charge is 0.348 e. The van der Waals surface area contributed by atoms with E-state index >= 15 is 0 Å². The van der Waals surface area contributed by atoms with Crippen LogP contribution in [0.2, 0.25) is 0 Å². The molecule has 0 saturated carbocycles. The normalized spacial score (nSPS) is 13.1. The molecule has 0 atom stereocenters. The molecule has 0 fully saturated rings. The van der Waals surface area contributed by atoms with E-state index in [9.17, 15) is 9.18 Å². The van der Waals surface area contributed by atoms with E-state index in [0.29, 0.717) is 5.56 Å². The van der Waals surface area contributed by atoms with Crippen LogP contribution in [-0.4, -0.2) is 5.91 Å². The number of benzene rings is 1. The Morgan fingerprint density at radius 3 is 3.07 bits per heavy atom. The number of carbonyl (C=O) groups is 1. The Hall–Kier alpha value is -2.07. The second-order valence-corrected chi connectivity index (χ2v) is 2.82. The van der Waals surface area contributed by atoms with Gasteiger partial charge in [-0.25, -0.2) is 4.39 Å². The van der Waals surface area contributed by atoms with Crippen molar-refractivity contribution in [3.63, 3.8) is 0 Å². The van der Waals surface area contributed by atoms with Crippen molar-refractivity contribution in [3.8, 4) is 0 Å². The maximum atomic E-state index is 13.0. The van der Waals surface area contributed by atoms with Crippen LogP contribution in [0.15, 0.2) is 17.2 Å². The van der Waals surface area contributed by atoms with Crippen LogP contribution in [0, 0.1) is 5.82 Å². The predicted octanol–water partition coefficient (Wildman–Crippen LogP) is 2.01. The summed E-state index contributed by atoms with van der Waals surface area (Å²) in [5.41, 5.74) is 9.20. The molecular formula is C8H5FN4O. The Balaban J connectivity index is 2.68. The van der Waals surface area contributed by atoms with Gasteiger partial charge in [0, 0.05) is 22.7 Å². The minimum Gasteiger partial charge on any atom is -0.348 e. The van der Waals surface area contributed by atoms with Crippen molar-refractivity contribution in [2.75, 3.05) is 0 Å². The molecule has 5 nitrogen and oxygen atoms in total. The SMILES string of the molecule is [N-]=[N+]=Nc1cc(F)cc2c1CNC2=O. The number of hydrogen-bond donors (Lipinski definition) is 1. The maximum Gasteiger partial charge on any atom is 0.252 e. The van der Waals surface area contributed by atoms with Crippen LogP contribution in [0.5, 0.6) is 0 Å². The van der Waals surface area contributed by atoms with Gasteiger partial charge in [0.1, 0.15) is 5.82 Å². The van der Waals surface area contributed by atoms with E-state index in [1.165, 1.54) is 0 Å². The summed E-state index contributed by atoms with van der Waals surface area (Å²) in [5, 5.41) is 5.84. The summed E-state index contributed by atoms with van der Waals surface area (Å²) in [6, 6.07) is 2.24. The molecular weight excluding hydrogens is 187 g/mol. The highest BCUT2D eigenvalue weighted by Crippen LogP contribution is 2.28. The molecule has 6 heteroatoms. The Labute approximate surface area is 78.2 Å². The van der Waals surface area contributed by atoms with Crippen LogP contribution >= 0.6 is 0 Å². The predicted molar refractivity (Wildman–Crippen MR) is 46.4 cm³/mol. The number of rotatable bonds is 1. The second kappa shape index (κ2) is 3.01. The average molecular weight is 192 g/mol. The average Bonchev–Trinajstić information content (AvgIpc) is 2.49. The molecule has 1 aliphatic heterocycles. The molecule has 1 aromatic rings. The summed E-state index contributed by atoms with van der Waals surface area (Å²) in [6.45, 7) is 0.281. The smallest absolute Gasteiger partial charge is 0.252 e. The number of azide groups is 1. The van der Waals surface area contributed by atoms with E-state index in [2.05, 4.69) is 15.3 Å². The first-order chi connectivity index (χ1) is 6.72. The van der Waals surface area contributed by atoms with Crippen molar-refractivity contribution < 1.29 is 9.18 Å². The number of fused-ring (bicyclic) bond motifs is 1. The van der Waals surface area contributed by atoms with Crippen molar-refractivity contribution >= 4 is 11.6 Å². The van der Waals surface area contributed by atoms with Crippen molar-refractivity contribution in [2.45, 2.75) is 6.54 Å². The zero-order chi connectivity index (χ0) is 10.1. The van der Waals surface area contributed by atoms with Crippen LogP contribution in [0.3, 0.4) is 0 Å². The van der Waals surface area contributed by atoms with Gasteiger partial charge in [-0.05, 0) is 23.2 Å². The summed E-state index contributed by atoms with van der Waals surface area (Å²) in [4.78, 5) is 13.7. The second-order valence-electron chi connectivity index (χ2n) is 2.82. The van der Waals surface area contributed by atoms with Gasteiger partial charge in [0.2, 0.25) is 0 Å². The van der Waals surface area contributed by atoms with Crippen molar-refractivity contribution in [2.24, 2.45) is 5.11 Å². The lowest BCUT2D eigenvalue weighted by Crippen LogP contribution is -2.12. The lowest BCUT2D eigenvalue weighted by molar-refractivity contribution is 0.0965. The summed E-state index contributed by atoms with van der Waals surface area (Å²) >= 11 is 0. The standard InChI is InChI=1S/C8H5FN4O/c9-4-1-5-6(3-11-8(5)14)7(2-4)12-13-10/h1-2H,3H2,(H,11,14). The van der Waals surface area contributed by atoms with E-state index in [-0.39, 0.29) is 23.7 Å². The summed E-state index contributed by atoms with van der Waals surface area (Å²) in [6.07, 6.45) is 0. The molecule has 0 aliphatic carbocycles. The van der Waals surface area contributed by atoms with Gasteiger partial charge in [-0.1, -0.05) is 5.11 Å². The van der Waals surface area contributed by atoms with Gasteiger partial charge in [0.25, 0.3) is 5.91 Å². The minimum absolute atomic E-state index is 0.167. The minimum atomic E-state index is -0.580. The first-order valence-electron chi connectivity index (χ1n) is 3.88. The molecule has 1 amide bonds. The number of carbonyl (C=O) groups excluding carboxylic acids is 1. The van der Waals surface area contributed by atoms with Gasteiger partial charge >= 0.3 is 0 Å². The van der Waals surface area contributed by atoms with E-state index in [1.807, 2.05) is 0 Å². The first-order valence-corrected chi connectivity index (χ1v) is 3.88. The van der Waals surface area contributed by atoms with Gasteiger partial charge in [-0.15, -0.1) is 0 Å². The molecule has 2 rings (SSSR count). The summed E-state index contributed by atoms with van der Waals surface area (Å²) in [7, 11) is 0. The quantitative estimate of drug-likeness (QED) is 0.412. The fourth-order valence-electron chi connectivity index (χ4n) is 1.41. The highest BCUT2D eigenvalue weighted by molar-refractivity contribution is 5.99. The lowest BCUT2D eigenvalue weighted by Gasteiger charge is -1.99. The van der Waals surface area contributed by atoms with Gasteiger partial charge < -0.3 is 5.32 Å². The van der Waals surface area contributed by atoms with Gasteiger partial charge in [-0.3, -0.25) is 4.79 Å². The summed E-state index contributed by atoms with van der Waals surface area (Å²) in [5.74, 6) is -0.919. The van der Waals surface area contributed by atoms with Crippen LogP contribution in [0.4, 0.5) is 10.1 Å². The molecule has 1 heterocycles. The Morgan fingerprint density at radius 2 is 2.36 bits per heavy atom. The number of nitrogens with one attached hydrogen (secondary N) is 1. The Morgan fingerprint density at radius 1 is 1.57 bits per heavy atom. The van der Waals surface area contributed by atoms with Crippen molar-refractivity contribution in [1.82, 2.24) is 5.32 Å². The Kier molecular flexibility index (Phi) is 1.83. The third-order valence-electron chi connectivity index (χ3n) is 2.01. The molecule has 70 valence electrons. The highest BCUT2D eigenvalue weighted by atomic mass is 19.1. The van der Waals surface area contributed by atoms with Crippen LogP contribution in [0.25, 0.3) is 10.4 Å². The molecule has 0 saturated heterocycles. The van der Waals surface area contributed by atoms with Crippen LogP contribution in [-0.2, 0) is 6.54 Å². The lowest BCUT2D eigenvalue weighted by atomic mass is 10.1. The third-order valence-corrected chi connectivity index (χ3v) is 2.01. The van der Waals surface area contributed by atoms with E-state index in [1.54, 1.807) is 0 Å². The zero-order valence-electron chi connectivity index (χ0n) is 6.99. The molecule has 1 aliphatic rings. The fourth-order valence-corrected chi connectivity index (χ4v) is 1.41. The monoisotopic (exact) mass is 192 g/mol. The molecule has 0 bridgehead atoms. The molecule has 1 N–H and O–H groups in total. The van der Waals surface area contributed by atoms with Crippen LogP contribution < -0.4 is 5.32 Å². The van der Waals surface area contributed by atoms with Crippen molar-refractivity contribution in [3.05, 3.63) is 39.5 Å². The molecule has 0 radical (unpaired) electrons. The summed E-state index contributed by atoms with van der Waals surface area (Å²) < 4.78 is 13.0. The van der Waals surface area contributed by atoms with E-state index in [4.69, 9.17) is 5.53 Å². The molecule has 0 aromatic heterocycles. The molecule has 0 unspecified atom stereocenters. The van der Waals surface area contributed by atoms with E-state index < -0.39 is 5.82 Å². The highest BCUT2D eigenvalue weighted by Gasteiger charge is 2.22. The van der Waals surface area contributed by atoms with Crippen LogP contribution in [0.1, 0.15) is 15.9 Å². The number of halogens is 1. The van der Waals surface area contributed by atoms with Gasteiger partial charge in [0.15, 0.2) is 0 Å². The molecule has 1 aromatic carbocycles. The number of amides is 1. The first kappa shape index (κ1) is 8.52. The number of hydrogen-bond acceptors (Lipinski definition) is 2. The third kappa shape index (κ3) is 1.18. The Bertz CT molecular complexity index is 465. The topological polar surface area (TPSA) is 77.9 Å². The van der Waals surface area contributed by atoms with Gasteiger partial charge in [0.05, 0.1) is 0 Å². The zero-order valence-corrected chi connectivity index (χ0v) is 6.99.